The van der Waals surface area contributed by atoms with Crippen LogP contribution in [0, 0.1) is 17.3 Å². The van der Waals surface area contributed by atoms with E-state index in [1.807, 2.05) is 32.0 Å². The van der Waals surface area contributed by atoms with E-state index in [9.17, 15) is 24.9 Å². The molecular formula is C28H39NO6S. The average molecular weight is 518 g/mol. The van der Waals surface area contributed by atoms with Crippen molar-refractivity contribution in [2.45, 2.75) is 91.6 Å². The Morgan fingerprint density at radius 3 is 2.61 bits per heavy atom. The summed E-state index contributed by atoms with van der Waals surface area (Å²) in [5.74, 6) is -1.59. The van der Waals surface area contributed by atoms with Gasteiger partial charge in [-0.15, -0.1) is 11.3 Å². The van der Waals surface area contributed by atoms with E-state index in [4.69, 9.17) is 4.74 Å². The number of nitrogens with zero attached hydrogens (tertiary/aromatic N) is 1. The van der Waals surface area contributed by atoms with Crippen LogP contribution in [0.5, 0.6) is 0 Å². The van der Waals surface area contributed by atoms with Gasteiger partial charge in [-0.25, -0.2) is 4.98 Å². The number of aliphatic hydroxyl groups excluding tert-OH is 3. The van der Waals surface area contributed by atoms with E-state index in [1.54, 1.807) is 20.8 Å². The van der Waals surface area contributed by atoms with Crippen molar-refractivity contribution in [2.24, 2.45) is 17.3 Å². The number of carbonyl (C=O) groups is 2. The van der Waals surface area contributed by atoms with Crippen molar-refractivity contribution in [1.82, 2.24) is 4.98 Å². The van der Waals surface area contributed by atoms with E-state index in [0.29, 0.717) is 11.4 Å². The van der Waals surface area contributed by atoms with Gasteiger partial charge in [0.2, 0.25) is 0 Å². The molecule has 0 bridgehead atoms. The van der Waals surface area contributed by atoms with Gasteiger partial charge in [-0.2, -0.15) is 0 Å². The lowest BCUT2D eigenvalue weighted by Gasteiger charge is -2.34. The number of ketones is 1. The zero-order chi connectivity index (χ0) is 26.6. The van der Waals surface area contributed by atoms with Crippen LogP contribution in [-0.4, -0.2) is 44.3 Å². The molecule has 0 spiro atoms. The Bertz CT molecular complexity index is 1110. The minimum Gasteiger partial charge on any atom is -0.457 e. The summed E-state index contributed by atoms with van der Waals surface area (Å²) in [5.41, 5.74) is 1.46. The van der Waals surface area contributed by atoms with Gasteiger partial charge in [0.15, 0.2) is 0 Å². The first-order chi connectivity index (χ1) is 16.9. The Labute approximate surface area is 217 Å². The normalized spacial score (nSPS) is 30.6. The van der Waals surface area contributed by atoms with Crippen molar-refractivity contribution < 1.29 is 29.6 Å². The lowest BCUT2D eigenvalue weighted by Crippen LogP contribution is -2.45. The van der Waals surface area contributed by atoms with Crippen LogP contribution in [0.3, 0.4) is 0 Å². The Morgan fingerprint density at radius 1 is 1.19 bits per heavy atom. The fourth-order valence-electron chi connectivity index (χ4n) is 4.81. The highest BCUT2D eigenvalue weighted by atomic mass is 32.1. The molecule has 3 N–H and O–H groups in total. The zero-order valence-electron chi connectivity index (χ0n) is 21.9. The molecular weight excluding hydrogens is 478 g/mol. The van der Waals surface area contributed by atoms with Gasteiger partial charge >= 0.3 is 5.97 Å². The molecule has 0 unspecified atom stereocenters. The number of esters is 1. The third-order valence-electron chi connectivity index (χ3n) is 7.48. The molecule has 36 heavy (non-hydrogen) atoms. The SMILES string of the molecule is C/C1=C\C[C@@H](c2ccc3sc(CO)nc3c2)OC(=O)C[C@H](O)C(C)(C)C(=O)[C@H](C)[C@@H](O)[C@@H](C)CCC1. The summed E-state index contributed by atoms with van der Waals surface area (Å²) >= 11 is 1.42. The number of Topliss-reactive ketones (excluding diaryl/α,β-unsaturated/α-hetero) is 1. The molecule has 1 aromatic heterocycles. The standard InChI is InChI=1S/C28H39NO6S/c1-16-7-6-8-17(2)26(33)18(3)27(34)28(4,5)23(31)14-25(32)35-21(11-9-16)19-10-12-22-20(13-19)29-24(15-30)36-22/h9-10,12-13,17-18,21,23,26,30-31,33H,6-8,11,14-15H2,1-5H3/b16-9+/t17-,18+,21-,23-,26-/m0/s1. The number of thiazole rings is 1. The Balaban J connectivity index is 1.91. The molecule has 1 aliphatic rings. The number of hydrogen-bond acceptors (Lipinski definition) is 8. The maximum Gasteiger partial charge on any atom is 0.309 e. The highest BCUT2D eigenvalue weighted by Crippen LogP contribution is 2.34. The monoisotopic (exact) mass is 517 g/mol. The van der Waals surface area contributed by atoms with Crippen LogP contribution in [0.2, 0.25) is 0 Å². The minimum absolute atomic E-state index is 0.0658. The molecule has 1 aromatic carbocycles. The number of aliphatic hydroxyl groups is 3. The number of aromatic nitrogens is 1. The first-order valence-corrected chi connectivity index (χ1v) is 13.5. The Morgan fingerprint density at radius 2 is 1.92 bits per heavy atom. The maximum absolute atomic E-state index is 13.2. The summed E-state index contributed by atoms with van der Waals surface area (Å²) in [7, 11) is 0. The van der Waals surface area contributed by atoms with Crippen molar-refractivity contribution in [3.63, 3.8) is 0 Å². The van der Waals surface area contributed by atoms with Crippen LogP contribution >= 0.6 is 11.3 Å². The number of carbonyl (C=O) groups excluding carboxylic acids is 2. The molecule has 5 atom stereocenters. The van der Waals surface area contributed by atoms with Gasteiger partial charge in [-0.1, -0.05) is 45.4 Å². The van der Waals surface area contributed by atoms with Crippen molar-refractivity contribution in [3.05, 3.63) is 40.4 Å². The summed E-state index contributed by atoms with van der Waals surface area (Å²) in [6, 6.07) is 5.68. The molecule has 0 saturated heterocycles. The van der Waals surface area contributed by atoms with Crippen LogP contribution in [0.4, 0.5) is 0 Å². The van der Waals surface area contributed by atoms with E-state index in [2.05, 4.69) is 11.1 Å². The molecule has 3 rings (SSSR count). The largest absolute Gasteiger partial charge is 0.457 e. The van der Waals surface area contributed by atoms with Crippen LogP contribution in [0.25, 0.3) is 10.2 Å². The van der Waals surface area contributed by atoms with Gasteiger partial charge in [0, 0.05) is 12.3 Å². The van der Waals surface area contributed by atoms with Gasteiger partial charge in [0.1, 0.15) is 16.9 Å². The summed E-state index contributed by atoms with van der Waals surface area (Å²) in [6.07, 6.45) is 2.06. The van der Waals surface area contributed by atoms with E-state index >= 15 is 0 Å². The van der Waals surface area contributed by atoms with Gasteiger partial charge in [0.05, 0.1) is 40.9 Å². The van der Waals surface area contributed by atoms with Crippen LogP contribution < -0.4 is 0 Å². The molecule has 1 aliphatic heterocycles. The summed E-state index contributed by atoms with van der Waals surface area (Å²) in [6.45, 7) is 8.78. The second-order valence-corrected chi connectivity index (χ2v) is 11.8. The molecule has 0 saturated carbocycles. The highest BCUT2D eigenvalue weighted by Gasteiger charge is 2.42. The quantitative estimate of drug-likeness (QED) is 0.384. The third-order valence-corrected chi connectivity index (χ3v) is 8.51. The summed E-state index contributed by atoms with van der Waals surface area (Å²) < 4.78 is 6.79. The van der Waals surface area contributed by atoms with E-state index in [0.717, 1.165) is 40.6 Å². The molecule has 2 aromatic rings. The number of rotatable bonds is 2. The van der Waals surface area contributed by atoms with Gasteiger partial charge < -0.3 is 20.1 Å². The predicted octanol–water partition coefficient (Wildman–Crippen LogP) is 4.87. The Kier molecular flexibility index (Phi) is 9.44. The van der Waals surface area contributed by atoms with Gasteiger partial charge in [-0.05, 0) is 49.8 Å². The fraction of sp³-hybridized carbons (Fsp3) is 0.607. The number of allylic oxidation sites excluding steroid dienone is 1. The second-order valence-electron chi connectivity index (χ2n) is 10.7. The number of ether oxygens (including phenoxy) is 1. The van der Waals surface area contributed by atoms with Gasteiger partial charge in [-0.3, -0.25) is 9.59 Å². The molecule has 7 nitrogen and oxygen atoms in total. The summed E-state index contributed by atoms with van der Waals surface area (Å²) in [4.78, 5) is 30.6. The van der Waals surface area contributed by atoms with E-state index in [-0.39, 0.29) is 24.7 Å². The first kappa shape index (κ1) is 28.4. The van der Waals surface area contributed by atoms with E-state index < -0.39 is 35.6 Å². The molecule has 8 heteroatoms. The fourth-order valence-corrected chi connectivity index (χ4v) is 5.62. The highest BCUT2D eigenvalue weighted by molar-refractivity contribution is 7.18. The number of benzene rings is 1. The van der Waals surface area contributed by atoms with Crippen molar-refractivity contribution in [1.29, 1.82) is 0 Å². The molecule has 0 amide bonds. The van der Waals surface area contributed by atoms with Crippen LogP contribution in [-0.2, 0) is 20.9 Å². The molecule has 2 heterocycles. The molecule has 0 aliphatic carbocycles. The lowest BCUT2D eigenvalue weighted by molar-refractivity contribution is -0.155. The molecule has 198 valence electrons. The van der Waals surface area contributed by atoms with Crippen molar-refractivity contribution in [2.75, 3.05) is 0 Å². The second kappa shape index (κ2) is 11.9. The summed E-state index contributed by atoms with van der Waals surface area (Å²) in [5, 5.41) is 31.7. The van der Waals surface area contributed by atoms with Crippen molar-refractivity contribution in [3.8, 4) is 0 Å². The third kappa shape index (κ3) is 6.59. The first-order valence-electron chi connectivity index (χ1n) is 12.7. The Hall–Kier alpha value is -2.13. The maximum atomic E-state index is 13.2. The number of hydrogen-bond donors (Lipinski definition) is 3. The predicted molar refractivity (Wildman–Crippen MR) is 140 cm³/mol. The topological polar surface area (TPSA) is 117 Å². The molecule has 0 fully saturated rings. The zero-order valence-corrected chi connectivity index (χ0v) is 22.7. The smallest absolute Gasteiger partial charge is 0.309 e. The lowest BCUT2D eigenvalue weighted by atomic mass is 9.73. The number of fused-ring (bicyclic) bond motifs is 1. The minimum atomic E-state index is -1.25. The van der Waals surface area contributed by atoms with E-state index in [1.165, 1.54) is 11.3 Å². The number of cyclic esters (lactones) is 1. The van der Waals surface area contributed by atoms with Crippen molar-refractivity contribution >= 4 is 33.3 Å². The van der Waals surface area contributed by atoms with Crippen LogP contribution in [0.1, 0.15) is 83.4 Å². The van der Waals surface area contributed by atoms with Gasteiger partial charge in [0.25, 0.3) is 0 Å². The average Bonchev–Trinajstić information content (AvgIpc) is 3.26. The van der Waals surface area contributed by atoms with Crippen LogP contribution in [0.15, 0.2) is 29.8 Å². The molecule has 0 radical (unpaired) electrons.